The molecule has 5 rings (SSSR count). The van der Waals surface area contributed by atoms with Gasteiger partial charge in [-0.15, -0.1) is 0 Å². The molecule has 0 fully saturated rings. The highest BCUT2D eigenvalue weighted by atomic mass is 16.6. The Kier molecular flexibility index (Phi) is 7.12. The van der Waals surface area contributed by atoms with Crippen molar-refractivity contribution in [2.75, 3.05) is 6.54 Å². The fourth-order valence-corrected chi connectivity index (χ4v) is 4.34. The molecule has 0 saturated carbocycles. The molecule has 1 heterocycles. The number of nitro benzene ring substituents is 1. The van der Waals surface area contributed by atoms with Crippen molar-refractivity contribution in [2.24, 2.45) is 4.99 Å². The van der Waals surface area contributed by atoms with Gasteiger partial charge in [0.05, 0.1) is 4.92 Å². The van der Waals surface area contributed by atoms with E-state index in [2.05, 4.69) is 0 Å². The molecule has 4 aromatic rings. The van der Waals surface area contributed by atoms with E-state index in [9.17, 15) is 15.2 Å². The number of aliphatic imine (C=N–C) groups is 1. The largest absolute Gasteiger partial charge is 0.502 e. The number of aromatic hydroxyl groups is 1. The predicted molar refractivity (Wildman–Crippen MR) is 142 cm³/mol. The van der Waals surface area contributed by atoms with Crippen LogP contribution in [-0.2, 0) is 26.1 Å². The molecular formula is C30H26N2O5. The van der Waals surface area contributed by atoms with Crippen LogP contribution in [0.2, 0.25) is 0 Å². The van der Waals surface area contributed by atoms with Crippen LogP contribution in [0.3, 0.4) is 0 Å². The molecule has 1 aliphatic rings. The molecule has 0 aromatic heterocycles. The van der Waals surface area contributed by atoms with Gasteiger partial charge in [-0.25, -0.2) is 0 Å². The first-order chi connectivity index (χ1) is 18.1. The number of rotatable bonds is 9. The second-order valence-electron chi connectivity index (χ2n) is 8.84. The van der Waals surface area contributed by atoms with Crippen LogP contribution < -0.4 is 9.47 Å². The van der Waals surface area contributed by atoms with Gasteiger partial charge in [0.2, 0.25) is 0 Å². The first kappa shape index (κ1) is 24.1. The Morgan fingerprint density at radius 2 is 1.43 bits per heavy atom. The van der Waals surface area contributed by atoms with Gasteiger partial charge in [-0.2, -0.15) is 0 Å². The SMILES string of the molecule is O=[N+]([O-])c1cc(CC2=NCCc3cc(OCc4ccccc4)c(OCc4ccccc4)cc32)ccc1O. The molecule has 4 aromatic carbocycles. The van der Waals surface area contributed by atoms with Gasteiger partial charge in [-0.1, -0.05) is 66.7 Å². The second-order valence-corrected chi connectivity index (χ2v) is 8.84. The number of benzene rings is 4. The normalized spacial score (nSPS) is 12.4. The molecule has 0 bridgehead atoms. The number of phenols is 1. The van der Waals surface area contributed by atoms with Crippen LogP contribution in [-0.4, -0.2) is 22.3 Å². The molecule has 0 atom stereocenters. The van der Waals surface area contributed by atoms with Crippen molar-refractivity contribution < 1.29 is 19.5 Å². The van der Waals surface area contributed by atoms with Gasteiger partial charge < -0.3 is 14.6 Å². The first-order valence-electron chi connectivity index (χ1n) is 12.1. The smallest absolute Gasteiger partial charge is 0.310 e. The maximum atomic E-state index is 11.3. The molecule has 7 heteroatoms. The lowest BCUT2D eigenvalue weighted by atomic mass is 9.93. The number of ether oxygens (including phenoxy) is 2. The van der Waals surface area contributed by atoms with E-state index in [1.807, 2.05) is 72.8 Å². The van der Waals surface area contributed by atoms with Gasteiger partial charge in [0.15, 0.2) is 17.2 Å². The minimum atomic E-state index is -0.582. The van der Waals surface area contributed by atoms with Crippen LogP contribution in [0.25, 0.3) is 0 Å². The van der Waals surface area contributed by atoms with Gasteiger partial charge >= 0.3 is 5.69 Å². The average Bonchev–Trinajstić information content (AvgIpc) is 2.93. The summed E-state index contributed by atoms with van der Waals surface area (Å²) < 4.78 is 12.5. The Morgan fingerprint density at radius 3 is 2.05 bits per heavy atom. The third-order valence-electron chi connectivity index (χ3n) is 6.25. The van der Waals surface area contributed by atoms with Crippen molar-refractivity contribution in [1.29, 1.82) is 0 Å². The van der Waals surface area contributed by atoms with Crippen molar-refractivity contribution in [3.8, 4) is 17.2 Å². The number of nitrogens with zero attached hydrogens (tertiary/aromatic N) is 2. The summed E-state index contributed by atoms with van der Waals surface area (Å²) in [6.45, 7) is 1.42. The Morgan fingerprint density at radius 1 is 0.811 bits per heavy atom. The molecule has 1 N–H and O–H groups in total. The number of hydrogen-bond donors (Lipinski definition) is 1. The summed E-state index contributed by atoms with van der Waals surface area (Å²) in [7, 11) is 0. The highest BCUT2D eigenvalue weighted by Crippen LogP contribution is 2.35. The number of phenolic OH excluding ortho intramolecular Hbond substituents is 1. The van der Waals surface area contributed by atoms with Crippen LogP contribution in [0.1, 0.15) is 27.8 Å². The zero-order valence-electron chi connectivity index (χ0n) is 20.2. The molecular weight excluding hydrogens is 468 g/mol. The average molecular weight is 495 g/mol. The van der Waals surface area contributed by atoms with E-state index >= 15 is 0 Å². The fraction of sp³-hybridized carbons (Fsp3) is 0.167. The van der Waals surface area contributed by atoms with Gasteiger partial charge in [0.25, 0.3) is 0 Å². The van der Waals surface area contributed by atoms with E-state index in [0.29, 0.717) is 43.2 Å². The Hall–Kier alpha value is -4.65. The Balaban J connectivity index is 1.45. The Labute approximate surface area is 214 Å². The van der Waals surface area contributed by atoms with Gasteiger partial charge in [-0.05, 0) is 46.9 Å². The van der Waals surface area contributed by atoms with Gasteiger partial charge in [0.1, 0.15) is 13.2 Å². The topological polar surface area (TPSA) is 94.2 Å². The van der Waals surface area contributed by atoms with E-state index in [4.69, 9.17) is 14.5 Å². The summed E-state index contributed by atoms with van der Waals surface area (Å²) in [5, 5.41) is 21.1. The van der Waals surface area contributed by atoms with Crippen LogP contribution >= 0.6 is 0 Å². The molecule has 0 unspecified atom stereocenters. The van der Waals surface area contributed by atoms with Gasteiger partial charge in [0, 0.05) is 30.3 Å². The van der Waals surface area contributed by atoms with Crippen molar-refractivity contribution in [3.63, 3.8) is 0 Å². The van der Waals surface area contributed by atoms with Crippen LogP contribution in [0.4, 0.5) is 5.69 Å². The summed E-state index contributed by atoms with van der Waals surface area (Å²) >= 11 is 0. The minimum absolute atomic E-state index is 0.314. The molecule has 0 spiro atoms. The molecule has 0 aliphatic carbocycles. The van der Waals surface area contributed by atoms with E-state index in [-0.39, 0.29) is 11.4 Å². The maximum absolute atomic E-state index is 11.3. The standard InChI is InChI=1S/C30H26N2O5/c33-28-12-11-23(16-27(28)32(34)35)15-26-25-18-30(37-20-22-9-5-2-6-10-22)29(17-24(25)13-14-31-26)36-19-21-7-3-1-4-8-21/h1-12,16-18,33H,13-15,19-20H2. The van der Waals surface area contributed by atoms with E-state index in [0.717, 1.165) is 34.4 Å². The lowest BCUT2D eigenvalue weighted by Gasteiger charge is -2.21. The molecule has 37 heavy (non-hydrogen) atoms. The highest BCUT2D eigenvalue weighted by Gasteiger charge is 2.21. The van der Waals surface area contributed by atoms with Crippen molar-refractivity contribution in [3.05, 3.63) is 129 Å². The van der Waals surface area contributed by atoms with E-state index < -0.39 is 4.92 Å². The summed E-state index contributed by atoms with van der Waals surface area (Å²) in [6, 6.07) is 28.3. The Bertz CT molecular complexity index is 1440. The molecule has 7 nitrogen and oxygen atoms in total. The molecule has 0 amide bonds. The zero-order valence-corrected chi connectivity index (χ0v) is 20.2. The lowest BCUT2D eigenvalue weighted by molar-refractivity contribution is -0.385. The van der Waals surface area contributed by atoms with Crippen LogP contribution in [0, 0.1) is 10.1 Å². The summed E-state index contributed by atoms with van der Waals surface area (Å²) in [6.07, 6.45) is 1.16. The molecule has 0 radical (unpaired) electrons. The van der Waals surface area contributed by atoms with Crippen molar-refractivity contribution in [2.45, 2.75) is 26.1 Å². The molecule has 186 valence electrons. The monoisotopic (exact) mass is 494 g/mol. The van der Waals surface area contributed by atoms with E-state index in [1.54, 1.807) is 6.07 Å². The number of fused-ring (bicyclic) bond motifs is 1. The number of nitro groups is 1. The third-order valence-corrected chi connectivity index (χ3v) is 6.25. The van der Waals surface area contributed by atoms with Crippen molar-refractivity contribution in [1.82, 2.24) is 0 Å². The minimum Gasteiger partial charge on any atom is -0.502 e. The van der Waals surface area contributed by atoms with Gasteiger partial charge in [-0.3, -0.25) is 15.1 Å². The molecule has 1 aliphatic heterocycles. The van der Waals surface area contributed by atoms with E-state index in [1.165, 1.54) is 12.1 Å². The predicted octanol–water partition coefficient (Wildman–Crippen LogP) is 6.05. The zero-order chi connectivity index (χ0) is 25.6. The van der Waals surface area contributed by atoms with Crippen LogP contribution in [0.5, 0.6) is 17.2 Å². The van der Waals surface area contributed by atoms with Crippen molar-refractivity contribution >= 4 is 11.4 Å². The summed E-state index contributed by atoms with van der Waals surface area (Å²) in [4.78, 5) is 15.4. The summed E-state index contributed by atoms with van der Waals surface area (Å²) in [5.41, 5.74) is 5.34. The molecule has 0 saturated heterocycles. The third kappa shape index (κ3) is 5.78. The highest BCUT2D eigenvalue weighted by molar-refractivity contribution is 6.04. The summed E-state index contributed by atoms with van der Waals surface area (Å²) in [5.74, 6) is 0.932. The maximum Gasteiger partial charge on any atom is 0.310 e. The van der Waals surface area contributed by atoms with Crippen LogP contribution in [0.15, 0.2) is 96.0 Å². The second kappa shape index (κ2) is 11.0. The first-order valence-corrected chi connectivity index (χ1v) is 12.1. The fourth-order valence-electron chi connectivity index (χ4n) is 4.34. The quantitative estimate of drug-likeness (QED) is 0.226. The lowest BCUT2D eigenvalue weighted by Crippen LogP contribution is -2.16. The number of hydrogen-bond acceptors (Lipinski definition) is 6.